The normalized spacial score (nSPS) is 12.0. The molecule has 0 unspecified atom stereocenters. The van der Waals surface area contributed by atoms with Crippen molar-refractivity contribution in [3.05, 3.63) is 206 Å². The minimum absolute atomic E-state index is 0.474. The third-order valence-corrected chi connectivity index (χ3v) is 14.0. The van der Waals surface area contributed by atoms with Gasteiger partial charge in [0.25, 0.3) is 0 Å². The predicted molar refractivity (Wildman–Crippen MR) is 280 cm³/mol. The molecule has 15 rings (SSSR count). The van der Waals surface area contributed by atoms with Crippen LogP contribution in [-0.2, 0) is 0 Å². The zero-order chi connectivity index (χ0) is 45.3. The standard InChI is InChI=1S/C62H33N5O2/c63-34-35-22-26-46-47-33-40(23-27-50(47)67(51(46)30-35)41-16-2-1-3-17-41)60-64-61(48-31-38-14-6-10-20-44(38)56-54-42-18-8-4-12-36(42)24-28-52(54)68-58(48)56)66-62(65-60)49-32-39-15-7-11-21-45(39)57-55-43-19-9-5-13-37(43)25-29-53(55)69-59(49)57/h1-33H. The summed E-state index contributed by atoms with van der Waals surface area (Å²) >= 11 is 0. The van der Waals surface area contributed by atoms with Gasteiger partial charge in [-0.3, -0.25) is 0 Å². The van der Waals surface area contributed by atoms with Crippen molar-refractivity contribution >= 4 is 109 Å². The first-order valence-electron chi connectivity index (χ1n) is 23.0. The van der Waals surface area contributed by atoms with E-state index in [1.165, 1.54) is 0 Å². The van der Waals surface area contributed by atoms with Crippen molar-refractivity contribution in [2.45, 2.75) is 0 Å². The van der Waals surface area contributed by atoms with Crippen LogP contribution in [0, 0.1) is 11.3 Å². The van der Waals surface area contributed by atoms with Crippen LogP contribution < -0.4 is 0 Å². The number of benzene rings is 11. The van der Waals surface area contributed by atoms with Crippen LogP contribution in [0.2, 0.25) is 0 Å². The Kier molecular flexibility index (Phi) is 7.72. The topological polar surface area (TPSA) is 93.7 Å². The zero-order valence-electron chi connectivity index (χ0n) is 36.6. The fourth-order valence-electron chi connectivity index (χ4n) is 10.9. The molecule has 7 nitrogen and oxygen atoms in total. The summed E-state index contributed by atoms with van der Waals surface area (Å²) in [7, 11) is 0. The number of aromatic nitrogens is 4. The van der Waals surface area contributed by atoms with Gasteiger partial charge in [0.2, 0.25) is 0 Å². The Bertz CT molecular complexity index is 4530. The molecule has 69 heavy (non-hydrogen) atoms. The molecule has 0 saturated carbocycles. The van der Waals surface area contributed by atoms with Gasteiger partial charge in [0.1, 0.15) is 22.3 Å². The molecule has 0 spiro atoms. The molecule has 11 aromatic carbocycles. The molecule has 0 bridgehead atoms. The van der Waals surface area contributed by atoms with E-state index in [-0.39, 0.29) is 0 Å². The number of para-hydroxylation sites is 1. The molecule has 4 aromatic heterocycles. The van der Waals surface area contributed by atoms with Gasteiger partial charge in [-0.2, -0.15) is 5.26 Å². The lowest BCUT2D eigenvalue weighted by Crippen LogP contribution is -2.01. The minimum Gasteiger partial charge on any atom is -0.455 e. The number of hydrogen-bond donors (Lipinski definition) is 0. The summed E-state index contributed by atoms with van der Waals surface area (Å²) in [6, 6.07) is 71.4. The molecule has 0 aliphatic heterocycles. The van der Waals surface area contributed by atoms with Gasteiger partial charge in [0.15, 0.2) is 17.5 Å². The molecule has 0 aliphatic carbocycles. The van der Waals surface area contributed by atoms with Gasteiger partial charge in [0.05, 0.1) is 33.8 Å². The van der Waals surface area contributed by atoms with Crippen LogP contribution in [0.15, 0.2) is 209 Å². The highest BCUT2D eigenvalue weighted by molar-refractivity contribution is 6.30. The smallest absolute Gasteiger partial charge is 0.167 e. The molecular formula is C62H33N5O2. The predicted octanol–water partition coefficient (Wildman–Crippen LogP) is 16.3. The molecule has 0 saturated heterocycles. The van der Waals surface area contributed by atoms with Crippen molar-refractivity contribution in [2.75, 3.05) is 0 Å². The van der Waals surface area contributed by atoms with Crippen LogP contribution in [0.4, 0.5) is 0 Å². The Morgan fingerprint density at radius 3 is 1.45 bits per heavy atom. The molecule has 0 amide bonds. The highest BCUT2D eigenvalue weighted by atomic mass is 16.3. The number of nitrogens with zero attached hydrogens (tertiary/aromatic N) is 5. The molecule has 0 fully saturated rings. The van der Waals surface area contributed by atoms with Crippen molar-refractivity contribution in [2.24, 2.45) is 0 Å². The second kappa shape index (κ2) is 14.2. The Balaban J connectivity index is 1.06. The first-order valence-corrected chi connectivity index (χ1v) is 23.0. The van der Waals surface area contributed by atoms with Crippen molar-refractivity contribution in [3.8, 4) is 45.9 Å². The lowest BCUT2D eigenvalue weighted by Gasteiger charge is -2.12. The molecule has 15 aromatic rings. The van der Waals surface area contributed by atoms with Crippen molar-refractivity contribution in [1.29, 1.82) is 5.26 Å². The average Bonchev–Trinajstić information content (AvgIpc) is 4.11. The number of nitriles is 1. The van der Waals surface area contributed by atoms with Crippen molar-refractivity contribution in [1.82, 2.24) is 19.5 Å². The molecule has 7 heteroatoms. The summed E-state index contributed by atoms with van der Waals surface area (Å²) in [5.41, 5.74) is 8.86. The van der Waals surface area contributed by atoms with E-state index in [0.29, 0.717) is 34.2 Å². The maximum Gasteiger partial charge on any atom is 0.167 e. The highest BCUT2D eigenvalue weighted by Gasteiger charge is 2.25. The lowest BCUT2D eigenvalue weighted by molar-refractivity contribution is 0.670. The van der Waals surface area contributed by atoms with E-state index >= 15 is 0 Å². The molecule has 0 N–H and O–H groups in total. The summed E-state index contributed by atoms with van der Waals surface area (Å²) < 4.78 is 16.2. The average molecular weight is 880 g/mol. The van der Waals surface area contributed by atoms with Gasteiger partial charge in [-0.15, -0.1) is 0 Å². The van der Waals surface area contributed by atoms with Crippen LogP contribution in [0.25, 0.3) is 149 Å². The Morgan fingerprint density at radius 1 is 0.377 bits per heavy atom. The number of hydrogen-bond acceptors (Lipinski definition) is 6. The molecule has 0 atom stereocenters. The van der Waals surface area contributed by atoms with Gasteiger partial charge in [0, 0.05) is 43.6 Å². The van der Waals surface area contributed by atoms with Crippen LogP contribution in [0.3, 0.4) is 0 Å². The summed E-state index contributed by atoms with van der Waals surface area (Å²) in [4.78, 5) is 16.3. The monoisotopic (exact) mass is 879 g/mol. The largest absolute Gasteiger partial charge is 0.455 e. The van der Waals surface area contributed by atoms with E-state index in [1.807, 2.05) is 36.4 Å². The third-order valence-electron chi connectivity index (χ3n) is 14.0. The third kappa shape index (κ3) is 5.45. The van der Waals surface area contributed by atoms with E-state index in [1.54, 1.807) is 0 Å². The number of furan rings is 2. The first-order chi connectivity index (χ1) is 34.1. The van der Waals surface area contributed by atoms with E-state index in [9.17, 15) is 5.26 Å². The quantitative estimate of drug-likeness (QED) is 0.175. The van der Waals surface area contributed by atoms with Gasteiger partial charge < -0.3 is 13.4 Å². The summed E-state index contributed by atoms with van der Waals surface area (Å²) in [5, 5.41) is 24.9. The minimum atomic E-state index is 0.474. The Labute approximate surface area is 392 Å². The zero-order valence-corrected chi connectivity index (χ0v) is 36.6. The van der Waals surface area contributed by atoms with E-state index in [0.717, 1.165) is 120 Å². The molecule has 318 valence electrons. The van der Waals surface area contributed by atoms with E-state index in [2.05, 4.69) is 174 Å². The van der Waals surface area contributed by atoms with E-state index in [4.69, 9.17) is 23.8 Å². The maximum absolute atomic E-state index is 10.00. The van der Waals surface area contributed by atoms with E-state index < -0.39 is 0 Å². The number of fused-ring (bicyclic) bond motifs is 17. The molecule has 4 heterocycles. The fourth-order valence-corrected chi connectivity index (χ4v) is 10.9. The van der Waals surface area contributed by atoms with Gasteiger partial charge in [-0.25, -0.2) is 15.0 Å². The van der Waals surface area contributed by atoms with Crippen LogP contribution >= 0.6 is 0 Å². The van der Waals surface area contributed by atoms with Crippen molar-refractivity contribution in [3.63, 3.8) is 0 Å². The molecular weight excluding hydrogens is 847 g/mol. The van der Waals surface area contributed by atoms with Crippen LogP contribution in [0.1, 0.15) is 5.56 Å². The van der Waals surface area contributed by atoms with Crippen LogP contribution in [-0.4, -0.2) is 19.5 Å². The van der Waals surface area contributed by atoms with Crippen LogP contribution in [0.5, 0.6) is 0 Å². The first kappa shape index (κ1) is 37.6. The number of rotatable bonds is 4. The molecule has 0 aliphatic rings. The second-order valence-electron chi connectivity index (χ2n) is 17.8. The molecule has 0 radical (unpaired) electrons. The summed E-state index contributed by atoms with van der Waals surface area (Å²) in [5.74, 6) is 1.45. The Morgan fingerprint density at radius 2 is 0.884 bits per heavy atom. The highest BCUT2D eigenvalue weighted by Crippen LogP contribution is 2.46. The SMILES string of the molecule is N#Cc1ccc2c3cc(-c4nc(-c5cc6ccccc6c6c5oc5ccc7ccccc7c56)nc(-c5cc6ccccc6c6c5oc5ccc7ccccc7c56)n4)ccc3n(-c3ccccc3)c2c1. The summed E-state index contributed by atoms with van der Waals surface area (Å²) in [6.07, 6.45) is 0. The van der Waals surface area contributed by atoms with Crippen molar-refractivity contribution < 1.29 is 8.83 Å². The van der Waals surface area contributed by atoms with Gasteiger partial charge in [-0.05, 0) is 110 Å². The second-order valence-corrected chi connectivity index (χ2v) is 17.8. The lowest BCUT2D eigenvalue weighted by atomic mass is 9.96. The van der Waals surface area contributed by atoms with Gasteiger partial charge >= 0.3 is 0 Å². The fraction of sp³-hybridized carbons (Fsp3) is 0. The maximum atomic E-state index is 10.00. The Hall–Kier alpha value is -9.64. The summed E-state index contributed by atoms with van der Waals surface area (Å²) in [6.45, 7) is 0. The van der Waals surface area contributed by atoms with Gasteiger partial charge in [-0.1, -0.05) is 133 Å².